The average Bonchev–Trinajstić information content (AvgIpc) is 2.92. The average molecular weight is 279 g/mol. The van der Waals surface area contributed by atoms with Crippen LogP contribution in [0.25, 0.3) is 0 Å². The second-order valence-corrected chi connectivity index (χ2v) is 3.97. The zero-order valence-corrected chi connectivity index (χ0v) is 10.9. The number of alkyl halides is 1. The first-order valence-corrected chi connectivity index (χ1v) is 6.27. The first-order valence-electron chi connectivity index (χ1n) is 5.74. The van der Waals surface area contributed by atoms with Gasteiger partial charge in [-0.25, -0.2) is 4.39 Å². The van der Waals surface area contributed by atoms with Crippen molar-refractivity contribution in [2.45, 2.75) is 6.54 Å². The minimum atomic E-state index is -0.406. The van der Waals surface area contributed by atoms with Gasteiger partial charge in [-0.2, -0.15) is 5.10 Å². The molecule has 0 spiro atoms. The molecule has 0 aliphatic heterocycles. The summed E-state index contributed by atoms with van der Waals surface area (Å²) in [6.45, 7) is 0.898. The number of halogens is 2. The van der Waals surface area contributed by atoms with Gasteiger partial charge in [0.2, 0.25) is 0 Å². The molecule has 2 rings (SSSR count). The van der Waals surface area contributed by atoms with Crippen LogP contribution < -0.4 is 4.74 Å². The number of ether oxygens (including phenoxy) is 1. The molecule has 3 nitrogen and oxygen atoms in total. The Morgan fingerprint density at radius 1 is 1.42 bits per heavy atom. The summed E-state index contributed by atoms with van der Waals surface area (Å²) < 4.78 is 20.6. The molecule has 0 aliphatic rings. The standard InChI is InChI=1S/C14H12ClFN2O/c15-6-1-3-12-4-5-13(16)14(11-12)19-10-9-18-8-2-7-17-18/h2,4-5,7-8,11H,6,9-10H2. The molecule has 2 aromatic rings. The summed E-state index contributed by atoms with van der Waals surface area (Å²) in [7, 11) is 0. The lowest BCUT2D eigenvalue weighted by atomic mass is 10.2. The molecule has 1 aromatic heterocycles. The Labute approximate surface area is 116 Å². The van der Waals surface area contributed by atoms with E-state index in [0.717, 1.165) is 0 Å². The molecule has 19 heavy (non-hydrogen) atoms. The Balaban J connectivity index is 1.98. The summed E-state index contributed by atoms with van der Waals surface area (Å²) in [4.78, 5) is 0. The van der Waals surface area contributed by atoms with Gasteiger partial charge in [0, 0.05) is 18.0 Å². The van der Waals surface area contributed by atoms with E-state index in [1.54, 1.807) is 23.0 Å². The van der Waals surface area contributed by atoms with Gasteiger partial charge in [0.1, 0.15) is 6.61 Å². The Hall–Kier alpha value is -1.99. The maximum Gasteiger partial charge on any atom is 0.165 e. The van der Waals surface area contributed by atoms with Crippen LogP contribution in [-0.4, -0.2) is 22.3 Å². The van der Waals surface area contributed by atoms with Crippen molar-refractivity contribution in [1.82, 2.24) is 9.78 Å². The zero-order valence-electron chi connectivity index (χ0n) is 10.1. The minimum Gasteiger partial charge on any atom is -0.489 e. The van der Waals surface area contributed by atoms with E-state index in [-0.39, 0.29) is 11.6 Å². The van der Waals surface area contributed by atoms with Crippen LogP contribution in [0.5, 0.6) is 5.75 Å². The molecule has 1 aromatic carbocycles. The van der Waals surface area contributed by atoms with E-state index < -0.39 is 5.82 Å². The van der Waals surface area contributed by atoms with E-state index in [0.29, 0.717) is 18.7 Å². The maximum atomic E-state index is 13.5. The van der Waals surface area contributed by atoms with E-state index in [9.17, 15) is 4.39 Å². The Kier molecular flexibility index (Phi) is 4.82. The molecule has 98 valence electrons. The van der Waals surface area contributed by atoms with Crippen LogP contribution in [0.15, 0.2) is 36.7 Å². The van der Waals surface area contributed by atoms with E-state index in [1.165, 1.54) is 6.07 Å². The first-order chi connectivity index (χ1) is 9.29. The van der Waals surface area contributed by atoms with Crippen molar-refractivity contribution in [2.75, 3.05) is 12.5 Å². The third kappa shape index (κ3) is 4.01. The van der Waals surface area contributed by atoms with E-state index in [1.807, 2.05) is 12.3 Å². The van der Waals surface area contributed by atoms with Gasteiger partial charge < -0.3 is 4.74 Å². The van der Waals surface area contributed by atoms with Crippen LogP contribution in [0.3, 0.4) is 0 Å². The van der Waals surface area contributed by atoms with Gasteiger partial charge in [-0.15, -0.1) is 11.6 Å². The van der Waals surface area contributed by atoms with Gasteiger partial charge >= 0.3 is 0 Å². The van der Waals surface area contributed by atoms with Crippen LogP contribution in [-0.2, 0) is 6.54 Å². The van der Waals surface area contributed by atoms with Crippen molar-refractivity contribution in [2.24, 2.45) is 0 Å². The van der Waals surface area contributed by atoms with Crippen molar-refractivity contribution >= 4 is 11.6 Å². The molecule has 0 atom stereocenters. The number of aromatic nitrogens is 2. The van der Waals surface area contributed by atoms with Crippen molar-refractivity contribution in [3.8, 4) is 17.6 Å². The van der Waals surface area contributed by atoms with E-state index in [2.05, 4.69) is 16.9 Å². The highest BCUT2D eigenvalue weighted by atomic mass is 35.5. The van der Waals surface area contributed by atoms with Crippen molar-refractivity contribution in [1.29, 1.82) is 0 Å². The molecule has 0 saturated heterocycles. The van der Waals surface area contributed by atoms with Gasteiger partial charge in [0.05, 0.1) is 12.4 Å². The van der Waals surface area contributed by atoms with Crippen LogP contribution >= 0.6 is 11.6 Å². The summed E-state index contributed by atoms with van der Waals surface area (Å²) in [5.41, 5.74) is 0.677. The molecular formula is C14H12ClFN2O. The van der Waals surface area contributed by atoms with Crippen LogP contribution in [0.4, 0.5) is 4.39 Å². The highest BCUT2D eigenvalue weighted by molar-refractivity contribution is 6.19. The summed E-state index contributed by atoms with van der Waals surface area (Å²) in [5.74, 6) is 5.56. The molecule has 1 heterocycles. The minimum absolute atomic E-state index is 0.188. The smallest absolute Gasteiger partial charge is 0.165 e. The topological polar surface area (TPSA) is 27.1 Å². The molecule has 0 radical (unpaired) electrons. The second kappa shape index (κ2) is 6.81. The fraction of sp³-hybridized carbons (Fsp3) is 0.214. The maximum absolute atomic E-state index is 13.5. The van der Waals surface area contributed by atoms with Gasteiger partial charge in [-0.1, -0.05) is 11.8 Å². The molecule has 0 unspecified atom stereocenters. The molecule has 0 saturated carbocycles. The Morgan fingerprint density at radius 3 is 3.05 bits per heavy atom. The molecule has 0 fully saturated rings. The van der Waals surface area contributed by atoms with Crippen molar-refractivity contribution in [3.05, 3.63) is 48.0 Å². The van der Waals surface area contributed by atoms with Gasteiger partial charge in [-0.3, -0.25) is 4.68 Å². The molecule has 0 amide bonds. The van der Waals surface area contributed by atoms with Crippen LogP contribution in [0.1, 0.15) is 5.56 Å². The summed E-state index contributed by atoms with van der Waals surface area (Å²) in [6.07, 6.45) is 3.50. The summed E-state index contributed by atoms with van der Waals surface area (Å²) in [6, 6.07) is 6.32. The lowest BCUT2D eigenvalue weighted by Gasteiger charge is -2.07. The molecule has 0 bridgehead atoms. The molecule has 5 heteroatoms. The summed E-state index contributed by atoms with van der Waals surface area (Å²) >= 11 is 5.47. The van der Waals surface area contributed by atoms with Gasteiger partial charge in [0.25, 0.3) is 0 Å². The van der Waals surface area contributed by atoms with Crippen LogP contribution in [0, 0.1) is 17.7 Å². The molecule has 0 aliphatic carbocycles. The molecular weight excluding hydrogens is 267 g/mol. The fourth-order valence-electron chi connectivity index (χ4n) is 1.51. The van der Waals surface area contributed by atoms with E-state index >= 15 is 0 Å². The highest BCUT2D eigenvalue weighted by Crippen LogP contribution is 2.18. The Bertz CT molecular complexity index is 587. The Morgan fingerprint density at radius 2 is 2.32 bits per heavy atom. The monoisotopic (exact) mass is 278 g/mol. The number of hydrogen-bond donors (Lipinski definition) is 0. The van der Waals surface area contributed by atoms with Gasteiger partial charge in [-0.05, 0) is 24.3 Å². The van der Waals surface area contributed by atoms with E-state index in [4.69, 9.17) is 16.3 Å². The lowest BCUT2D eigenvalue weighted by Crippen LogP contribution is -2.09. The number of benzene rings is 1. The molecule has 0 N–H and O–H groups in total. The quantitative estimate of drug-likeness (QED) is 0.635. The van der Waals surface area contributed by atoms with Crippen LogP contribution in [0.2, 0.25) is 0 Å². The third-order valence-electron chi connectivity index (χ3n) is 2.37. The van der Waals surface area contributed by atoms with Gasteiger partial charge in [0.15, 0.2) is 11.6 Å². The fourth-order valence-corrected chi connectivity index (χ4v) is 1.58. The largest absolute Gasteiger partial charge is 0.489 e. The third-order valence-corrected chi connectivity index (χ3v) is 2.50. The lowest BCUT2D eigenvalue weighted by molar-refractivity contribution is 0.278. The predicted octanol–water partition coefficient (Wildman–Crippen LogP) is 2.69. The highest BCUT2D eigenvalue weighted by Gasteiger charge is 2.04. The number of rotatable bonds is 4. The SMILES string of the molecule is Fc1ccc(C#CCCl)cc1OCCn1cccn1. The number of hydrogen-bond acceptors (Lipinski definition) is 2. The normalized spacial score (nSPS) is 9.79. The second-order valence-electron chi connectivity index (χ2n) is 3.70. The number of nitrogens with zero attached hydrogens (tertiary/aromatic N) is 2. The zero-order chi connectivity index (χ0) is 13.5. The predicted molar refractivity (Wildman–Crippen MR) is 71.7 cm³/mol. The van der Waals surface area contributed by atoms with Crippen molar-refractivity contribution in [3.63, 3.8) is 0 Å². The van der Waals surface area contributed by atoms with Crippen molar-refractivity contribution < 1.29 is 9.13 Å². The summed E-state index contributed by atoms with van der Waals surface area (Å²) in [5, 5.41) is 4.03. The first kappa shape index (κ1) is 13.4.